The van der Waals surface area contributed by atoms with Crippen molar-refractivity contribution in [2.75, 3.05) is 7.05 Å². The fourth-order valence-electron chi connectivity index (χ4n) is 2.92. The molecule has 1 saturated carbocycles. The number of hydrogen-bond acceptors (Lipinski definition) is 4. The lowest BCUT2D eigenvalue weighted by molar-refractivity contribution is 0.300. The first kappa shape index (κ1) is 13.8. The third-order valence-corrected chi connectivity index (χ3v) is 5.02. The molecule has 4 heteroatoms. The highest BCUT2D eigenvalue weighted by Crippen LogP contribution is 2.44. The lowest BCUT2D eigenvalue weighted by atomic mass is 9.87. The van der Waals surface area contributed by atoms with Gasteiger partial charge in [0.25, 0.3) is 0 Å². The van der Waals surface area contributed by atoms with Crippen molar-refractivity contribution in [3.8, 4) is 0 Å². The van der Waals surface area contributed by atoms with Gasteiger partial charge in [0.05, 0.1) is 0 Å². The number of aromatic nitrogens is 2. The van der Waals surface area contributed by atoms with Crippen LogP contribution in [-0.2, 0) is 0 Å². The predicted octanol–water partition coefficient (Wildman–Crippen LogP) is 2.96. The van der Waals surface area contributed by atoms with Crippen LogP contribution in [0.2, 0.25) is 0 Å². The maximum absolute atomic E-state index is 4.54. The molecule has 2 rings (SSSR count). The summed E-state index contributed by atoms with van der Waals surface area (Å²) in [5.41, 5.74) is 2.48. The van der Waals surface area contributed by atoms with Gasteiger partial charge in [0.1, 0.15) is 0 Å². The standard InChI is InChI=1S/C14H23N3S/c1-9-8-10(2)17-13(16-9)18-11-6-7-14(3,4)12(11)15-5/h8,11-12,15H,6-7H2,1-5H3. The zero-order chi connectivity index (χ0) is 13.3. The molecular weight excluding hydrogens is 242 g/mol. The SMILES string of the molecule is CNC1C(Sc2nc(C)cc(C)n2)CCC1(C)C. The van der Waals surface area contributed by atoms with Crippen molar-refractivity contribution in [2.24, 2.45) is 5.41 Å². The third-order valence-electron chi connectivity index (χ3n) is 3.82. The fourth-order valence-corrected chi connectivity index (χ4v) is 4.47. The number of thioether (sulfide) groups is 1. The normalized spacial score (nSPS) is 26.5. The van der Waals surface area contributed by atoms with Gasteiger partial charge in [-0.05, 0) is 45.2 Å². The van der Waals surface area contributed by atoms with Crippen LogP contribution in [0.5, 0.6) is 0 Å². The summed E-state index contributed by atoms with van der Waals surface area (Å²) in [6.45, 7) is 8.76. The van der Waals surface area contributed by atoms with Gasteiger partial charge in [0.15, 0.2) is 5.16 Å². The molecule has 1 aliphatic rings. The average molecular weight is 265 g/mol. The molecule has 1 heterocycles. The Morgan fingerprint density at radius 2 is 1.89 bits per heavy atom. The number of rotatable bonds is 3. The molecule has 0 aliphatic heterocycles. The molecule has 1 aromatic heterocycles. The third kappa shape index (κ3) is 2.86. The topological polar surface area (TPSA) is 37.8 Å². The van der Waals surface area contributed by atoms with Crippen LogP contribution in [0.15, 0.2) is 11.2 Å². The van der Waals surface area contributed by atoms with E-state index in [1.165, 1.54) is 12.8 Å². The number of hydrogen-bond donors (Lipinski definition) is 1. The Balaban J connectivity index is 2.14. The highest BCUT2D eigenvalue weighted by Gasteiger charge is 2.41. The Bertz CT molecular complexity index is 411. The second kappa shape index (κ2) is 5.17. The molecule has 1 aromatic rings. The van der Waals surface area contributed by atoms with Crippen LogP contribution in [0.25, 0.3) is 0 Å². The van der Waals surface area contributed by atoms with E-state index >= 15 is 0 Å². The van der Waals surface area contributed by atoms with E-state index in [4.69, 9.17) is 0 Å². The molecule has 1 N–H and O–H groups in total. The first-order valence-electron chi connectivity index (χ1n) is 6.58. The molecule has 3 nitrogen and oxygen atoms in total. The average Bonchev–Trinajstić information content (AvgIpc) is 2.52. The van der Waals surface area contributed by atoms with Crippen LogP contribution >= 0.6 is 11.8 Å². The second-order valence-electron chi connectivity index (χ2n) is 5.88. The van der Waals surface area contributed by atoms with Gasteiger partial charge in [-0.25, -0.2) is 9.97 Å². The highest BCUT2D eigenvalue weighted by molar-refractivity contribution is 7.99. The summed E-state index contributed by atoms with van der Waals surface area (Å²) >= 11 is 1.83. The summed E-state index contributed by atoms with van der Waals surface area (Å²) in [5, 5.41) is 4.98. The highest BCUT2D eigenvalue weighted by atomic mass is 32.2. The van der Waals surface area contributed by atoms with E-state index in [1.807, 2.05) is 31.7 Å². The van der Waals surface area contributed by atoms with Crippen molar-refractivity contribution in [3.05, 3.63) is 17.5 Å². The van der Waals surface area contributed by atoms with Gasteiger partial charge in [-0.1, -0.05) is 25.6 Å². The van der Waals surface area contributed by atoms with Gasteiger partial charge in [0, 0.05) is 22.7 Å². The first-order valence-corrected chi connectivity index (χ1v) is 7.46. The van der Waals surface area contributed by atoms with E-state index in [0.29, 0.717) is 16.7 Å². The molecule has 0 radical (unpaired) electrons. The summed E-state index contributed by atoms with van der Waals surface area (Å²) in [4.78, 5) is 9.08. The smallest absolute Gasteiger partial charge is 0.188 e. The van der Waals surface area contributed by atoms with Crippen LogP contribution in [0.1, 0.15) is 38.1 Å². The van der Waals surface area contributed by atoms with Gasteiger partial charge in [0.2, 0.25) is 0 Å². The van der Waals surface area contributed by atoms with Gasteiger partial charge < -0.3 is 5.32 Å². The zero-order valence-corrected chi connectivity index (χ0v) is 12.8. The summed E-state index contributed by atoms with van der Waals surface area (Å²) in [5.74, 6) is 0. The van der Waals surface area contributed by atoms with Crippen LogP contribution in [0.4, 0.5) is 0 Å². The molecule has 18 heavy (non-hydrogen) atoms. The number of nitrogens with zero attached hydrogens (tertiary/aromatic N) is 2. The summed E-state index contributed by atoms with van der Waals surface area (Å²) in [6.07, 6.45) is 2.50. The zero-order valence-electron chi connectivity index (χ0n) is 11.9. The molecule has 0 aromatic carbocycles. The van der Waals surface area contributed by atoms with E-state index in [-0.39, 0.29) is 0 Å². The second-order valence-corrected chi connectivity index (χ2v) is 7.09. The van der Waals surface area contributed by atoms with Crippen molar-refractivity contribution in [1.29, 1.82) is 0 Å². The van der Waals surface area contributed by atoms with Crippen LogP contribution in [0, 0.1) is 19.3 Å². The Kier molecular flexibility index (Phi) is 3.97. The number of aryl methyl sites for hydroxylation is 2. The molecule has 2 atom stereocenters. The van der Waals surface area contributed by atoms with Crippen molar-refractivity contribution < 1.29 is 0 Å². The van der Waals surface area contributed by atoms with E-state index in [0.717, 1.165) is 16.5 Å². The van der Waals surface area contributed by atoms with Crippen molar-refractivity contribution in [2.45, 2.75) is 57.0 Å². The molecule has 1 aliphatic carbocycles. The monoisotopic (exact) mass is 265 g/mol. The van der Waals surface area contributed by atoms with Crippen LogP contribution < -0.4 is 5.32 Å². The lowest BCUT2D eigenvalue weighted by Gasteiger charge is -2.29. The van der Waals surface area contributed by atoms with Gasteiger partial charge in [-0.15, -0.1) is 0 Å². The Labute approximate surface area is 114 Å². The molecule has 2 unspecified atom stereocenters. The van der Waals surface area contributed by atoms with E-state index in [2.05, 4.69) is 36.2 Å². The maximum Gasteiger partial charge on any atom is 0.188 e. The van der Waals surface area contributed by atoms with Crippen molar-refractivity contribution in [3.63, 3.8) is 0 Å². The number of nitrogens with one attached hydrogen (secondary N) is 1. The summed E-state index contributed by atoms with van der Waals surface area (Å²) < 4.78 is 0. The maximum atomic E-state index is 4.54. The molecule has 100 valence electrons. The van der Waals surface area contributed by atoms with E-state index < -0.39 is 0 Å². The fraction of sp³-hybridized carbons (Fsp3) is 0.714. The van der Waals surface area contributed by atoms with Crippen LogP contribution in [-0.4, -0.2) is 28.3 Å². The minimum Gasteiger partial charge on any atom is -0.315 e. The van der Waals surface area contributed by atoms with E-state index in [1.54, 1.807) is 0 Å². The van der Waals surface area contributed by atoms with Crippen molar-refractivity contribution in [1.82, 2.24) is 15.3 Å². The molecule has 0 bridgehead atoms. The van der Waals surface area contributed by atoms with E-state index in [9.17, 15) is 0 Å². The lowest BCUT2D eigenvalue weighted by Crippen LogP contribution is -2.41. The molecule has 1 fully saturated rings. The quantitative estimate of drug-likeness (QED) is 0.853. The molecular formula is C14H23N3S. The van der Waals surface area contributed by atoms with Crippen molar-refractivity contribution >= 4 is 11.8 Å². The van der Waals surface area contributed by atoms with Gasteiger partial charge in [-0.3, -0.25) is 0 Å². The Morgan fingerprint density at radius 3 is 2.44 bits per heavy atom. The largest absolute Gasteiger partial charge is 0.315 e. The predicted molar refractivity (Wildman–Crippen MR) is 77.0 cm³/mol. The first-order chi connectivity index (χ1) is 8.42. The minimum atomic E-state index is 0.366. The molecule has 0 amide bonds. The minimum absolute atomic E-state index is 0.366. The molecule has 0 spiro atoms. The van der Waals surface area contributed by atoms with Gasteiger partial charge in [-0.2, -0.15) is 0 Å². The molecule has 0 saturated heterocycles. The summed E-state index contributed by atoms with van der Waals surface area (Å²) in [7, 11) is 2.06. The Morgan fingerprint density at radius 1 is 1.28 bits per heavy atom. The van der Waals surface area contributed by atoms with Crippen LogP contribution in [0.3, 0.4) is 0 Å². The van der Waals surface area contributed by atoms with Gasteiger partial charge >= 0.3 is 0 Å². The Hall–Kier alpha value is -0.610. The summed E-state index contributed by atoms with van der Waals surface area (Å²) in [6, 6.07) is 2.56.